The van der Waals surface area contributed by atoms with E-state index in [0.29, 0.717) is 94.9 Å². The van der Waals surface area contributed by atoms with E-state index in [9.17, 15) is 45.6 Å². The molecule has 7 aromatic rings. The SMILES string of the molecule is CC(C)(CNC(=O)CNC(=O)[C@H](Cc1ccccc1)NC(=O)CNC(=O)CNC(=O)CCOCCOCCOCCOCCOCCOCCOCCOCCNC(=O)c1cc(-c2cnc(S(C)(=O)=O)nc2)cc(-c2cnc(S(C)(=O)=O)nc2)c1)SC(c1ccccc1)(c1ccccc1)c1ccccc1. The van der Waals surface area contributed by atoms with Gasteiger partial charge < -0.3 is 69.8 Å². The van der Waals surface area contributed by atoms with Crippen LogP contribution in [-0.4, -0.2) is 234 Å². The molecule has 0 saturated heterocycles. The van der Waals surface area contributed by atoms with Crippen LogP contribution in [0.5, 0.6) is 0 Å². The van der Waals surface area contributed by atoms with Gasteiger partial charge in [0.15, 0.2) is 0 Å². The van der Waals surface area contributed by atoms with Crippen LogP contribution in [0, 0.1) is 0 Å². The van der Waals surface area contributed by atoms with E-state index in [1.165, 1.54) is 24.8 Å². The highest BCUT2D eigenvalue weighted by molar-refractivity contribution is 8.02. The van der Waals surface area contributed by atoms with Crippen molar-refractivity contribution in [2.24, 2.45) is 0 Å². The first-order valence-electron chi connectivity index (χ1n) is 34.0. The lowest BCUT2D eigenvalue weighted by Crippen LogP contribution is -2.52. The van der Waals surface area contributed by atoms with Crippen LogP contribution in [-0.2, 0) is 92.7 Å². The predicted molar refractivity (Wildman–Crippen MR) is 393 cm³/mol. The maximum atomic E-state index is 13.6. The highest BCUT2D eigenvalue weighted by Gasteiger charge is 2.42. The van der Waals surface area contributed by atoms with Crippen molar-refractivity contribution in [2.45, 2.75) is 52.5 Å². The smallest absolute Gasteiger partial charge is 0.251 e. The van der Waals surface area contributed by atoms with Crippen molar-refractivity contribution in [2.75, 3.05) is 151 Å². The lowest BCUT2D eigenvalue weighted by molar-refractivity contribution is -0.131. The van der Waals surface area contributed by atoms with Gasteiger partial charge in [0.05, 0.1) is 130 Å². The van der Waals surface area contributed by atoms with Crippen molar-refractivity contribution in [3.05, 3.63) is 192 Å². The van der Waals surface area contributed by atoms with Gasteiger partial charge in [-0.3, -0.25) is 28.8 Å². The van der Waals surface area contributed by atoms with Gasteiger partial charge in [-0.25, -0.2) is 36.8 Å². The molecule has 2 heterocycles. The molecule has 0 unspecified atom stereocenters. The molecule has 564 valence electrons. The number of nitrogens with zero attached hydrogens (tertiary/aromatic N) is 4. The third-order valence-electron chi connectivity index (χ3n) is 15.3. The summed E-state index contributed by atoms with van der Waals surface area (Å²) in [6.45, 7) is 8.34. The summed E-state index contributed by atoms with van der Waals surface area (Å²) in [5.41, 5.74) is 6.09. The van der Waals surface area contributed by atoms with E-state index in [1.54, 1.807) is 30.0 Å². The van der Waals surface area contributed by atoms with Gasteiger partial charge in [0.1, 0.15) is 6.04 Å². The summed E-state index contributed by atoms with van der Waals surface area (Å²) in [6.07, 6.45) is 7.40. The molecular weight excluding hydrogens is 1410 g/mol. The molecule has 6 N–H and O–H groups in total. The number of sulfone groups is 2. The summed E-state index contributed by atoms with van der Waals surface area (Å²) in [5.74, 6) is -3.14. The Morgan fingerprint density at radius 1 is 0.419 bits per heavy atom. The van der Waals surface area contributed by atoms with Crippen LogP contribution >= 0.6 is 11.8 Å². The molecule has 0 radical (unpaired) electrons. The molecule has 105 heavy (non-hydrogen) atoms. The van der Waals surface area contributed by atoms with Gasteiger partial charge in [-0.2, -0.15) is 0 Å². The Morgan fingerprint density at radius 3 is 1.20 bits per heavy atom. The maximum Gasteiger partial charge on any atom is 0.251 e. The van der Waals surface area contributed by atoms with Crippen molar-refractivity contribution in [1.29, 1.82) is 0 Å². The van der Waals surface area contributed by atoms with Crippen molar-refractivity contribution in [3.63, 3.8) is 0 Å². The first kappa shape index (κ1) is 83.3. The van der Waals surface area contributed by atoms with E-state index < -0.39 is 77.2 Å². The number of thioether (sulfide) groups is 1. The van der Waals surface area contributed by atoms with Crippen molar-refractivity contribution >= 4 is 66.9 Å². The number of hydrogen-bond acceptors (Lipinski definition) is 23. The van der Waals surface area contributed by atoms with E-state index in [4.69, 9.17) is 37.9 Å². The number of rotatable bonds is 49. The van der Waals surface area contributed by atoms with Crippen LogP contribution in [0.15, 0.2) is 175 Å². The third-order valence-corrected chi connectivity index (χ3v) is 18.8. The zero-order chi connectivity index (χ0) is 75.2. The molecule has 0 aliphatic rings. The van der Waals surface area contributed by atoms with Crippen LogP contribution in [0.25, 0.3) is 22.3 Å². The minimum atomic E-state index is -3.65. The molecule has 0 aliphatic carbocycles. The van der Waals surface area contributed by atoms with Crippen LogP contribution in [0.3, 0.4) is 0 Å². The average Bonchev–Trinajstić information content (AvgIpc) is 0.750. The second-order valence-corrected chi connectivity index (χ2v) is 30.0. The zero-order valence-corrected chi connectivity index (χ0v) is 61.7. The Morgan fingerprint density at radius 2 is 0.781 bits per heavy atom. The van der Waals surface area contributed by atoms with Gasteiger partial charge in [0.25, 0.3) is 5.91 Å². The van der Waals surface area contributed by atoms with Crippen molar-refractivity contribution in [1.82, 2.24) is 51.8 Å². The molecule has 0 spiro atoms. The standard InChI is InChI=1S/C74H92N10O18S3/c1-73(2,103-74(61-19-11-6-12-20-61,62-21-13-7-14-22-62)63-23-15-8-16-24-63)54-83-67(87)52-78-70(90)64(43-55-17-9-5-10-18-55)84-68(88)53-77-66(86)51-76-65(85)25-27-95-29-31-97-33-35-99-37-39-101-41-42-102-40-38-100-36-34-98-32-30-96-28-26-75-69(89)58-45-56(59-47-79-71(80-48-59)104(3,91)92)44-57(46-58)60-49-81-72(82-50-60)105(4,93)94/h5-24,44-50,64H,25-43,51-54H2,1-4H3,(H,75,89)(H,76,85)(H,77,86)(H,78,90)(H,83,87)(H,84,88)/t64-/m0/s1. The number of hydrogen-bond donors (Lipinski definition) is 6. The molecule has 2 aromatic heterocycles. The maximum absolute atomic E-state index is 13.6. The fourth-order valence-corrected chi connectivity index (χ4v) is 12.9. The van der Waals surface area contributed by atoms with E-state index in [1.807, 2.05) is 84.9 Å². The number of amides is 6. The van der Waals surface area contributed by atoms with Gasteiger partial charge >= 0.3 is 0 Å². The average molecular weight is 1510 g/mol. The van der Waals surface area contributed by atoms with E-state index in [0.717, 1.165) is 34.8 Å². The molecule has 31 heteroatoms. The largest absolute Gasteiger partial charge is 0.379 e. The number of carbonyl (C=O) groups excluding carboxylic acids is 6. The molecule has 5 aromatic carbocycles. The highest BCUT2D eigenvalue weighted by Crippen LogP contribution is 2.53. The second-order valence-electron chi connectivity index (χ2n) is 24.3. The Kier molecular flexibility index (Phi) is 35.0. The van der Waals surface area contributed by atoms with Crippen LogP contribution in [0.1, 0.15) is 52.9 Å². The van der Waals surface area contributed by atoms with Crippen LogP contribution < -0.4 is 31.9 Å². The van der Waals surface area contributed by atoms with Crippen molar-refractivity contribution < 1.29 is 83.5 Å². The predicted octanol–water partition coefficient (Wildman–Crippen LogP) is 4.36. The quantitative estimate of drug-likeness (QED) is 0.0175. The monoisotopic (exact) mass is 1500 g/mol. The molecule has 0 saturated carbocycles. The first-order valence-corrected chi connectivity index (χ1v) is 38.6. The molecule has 7 rings (SSSR count). The number of carbonyl (C=O) groups is 6. The van der Waals surface area contributed by atoms with E-state index >= 15 is 0 Å². The number of nitrogens with one attached hydrogen (secondary N) is 6. The lowest BCUT2D eigenvalue weighted by atomic mass is 9.84. The molecule has 1 atom stereocenters. The Labute approximate surface area is 616 Å². The second kappa shape index (κ2) is 44.1. The number of benzene rings is 5. The summed E-state index contributed by atoms with van der Waals surface area (Å²) in [6, 6.07) is 43.7. The molecule has 0 aliphatic heterocycles. The van der Waals surface area contributed by atoms with E-state index in [-0.39, 0.29) is 87.9 Å². The van der Waals surface area contributed by atoms with Crippen LogP contribution in [0.2, 0.25) is 0 Å². The van der Waals surface area contributed by atoms with Gasteiger partial charge in [0.2, 0.25) is 59.5 Å². The van der Waals surface area contributed by atoms with Gasteiger partial charge in [-0.1, -0.05) is 121 Å². The van der Waals surface area contributed by atoms with E-state index in [2.05, 4.69) is 102 Å². The summed E-state index contributed by atoms with van der Waals surface area (Å²) in [5, 5.41) is 15.4. The molecule has 0 bridgehead atoms. The molecule has 0 fully saturated rings. The fraction of sp³-hybridized carbons (Fsp3) is 0.405. The lowest BCUT2D eigenvalue weighted by Gasteiger charge is -2.41. The minimum absolute atomic E-state index is 0.0158. The Bertz CT molecular complexity index is 3880. The first-order chi connectivity index (χ1) is 50.6. The van der Waals surface area contributed by atoms with Gasteiger partial charge in [0, 0.05) is 84.7 Å². The van der Waals surface area contributed by atoms with Crippen LogP contribution in [0.4, 0.5) is 0 Å². The normalized spacial score (nSPS) is 12.0. The number of ether oxygens (including phenoxy) is 8. The van der Waals surface area contributed by atoms with Crippen molar-refractivity contribution in [3.8, 4) is 22.3 Å². The molecule has 28 nitrogen and oxygen atoms in total. The molecule has 6 amide bonds. The third kappa shape index (κ3) is 29.8. The van der Waals surface area contributed by atoms with Gasteiger partial charge in [-0.05, 0) is 65.4 Å². The summed E-state index contributed by atoms with van der Waals surface area (Å²) >= 11 is 1.72. The Balaban J connectivity index is 0.646. The minimum Gasteiger partial charge on any atom is -0.379 e. The van der Waals surface area contributed by atoms with Gasteiger partial charge in [-0.15, -0.1) is 11.8 Å². The summed E-state index contributed by atoms with van der Waals surface area (Å²) < 4.78 is 90.8. The summed E-state index contributed by atoms with van der Waals surface area (Å²) in [4.78, 5) is 94.3. The number of aromatic nitrogens is 4. The fourth-order valence-electron chi connectivity index (χ4n) is 10.2. The zero-order valence-electron chi connectivity index (χ0n) is 59.3. The Hall–Kier alpha value is -8.99. The molecular formula is C74H92N10O18S3. The topological polar surface area (TPSA) is 368 Å². The highest BCUT2D eigenvalue weighted by atomic mass is 32.2. The summed E-state index contributed by atoms with van der Waals surface area (Å²) in [7, 11) is -7.30.